The predicted octanol–water partition coefficient (Wildman–Crippen LogP) is 1.03. The highest BCUT2D eigenvalue weighted by Gasteiger charge is 2.28. The van der Waals surface area contributed by atoms with Crippen molar-refractivity contribution in [1.82, 2.24) is 9.80 Å². The number of hydrogen-bond donors (Lipinski definition) is 1. The van der Waals surface area contributed by atoms with Gasteiger partial charge in [0.2, 0.25) is 0 Å². The first kappa shape index (κ1) is 12.9. The molecule has 3 unspecified atom stereocenters. The summed E-state index contributed by atoms with van der Waals surface area (Å²) in [4.78, 5) is 4.74. The van der Waals surface area contributed by atoms with E-state index in [1.54, 1.807) is 0 Å². The molecule has 3 atom stereocenters. The Morgan fingerprint density at radius 3 is 2.60 bits per heavy atom. The maximum atomic E-state index is 9.74. The van der Waals surface area contributed by atoms with Crippen LogP contribution in [0, 0.1) is 5.92 Å². The topological polar surface area (TPSA) is 26.7 Å². The first-order valence-electron chi connectivity index (χ1n) is 6.07. The second kappa shape index (κ2) is 5.83. The molecule has 0 aromatic rings. The van der Waals surface area contributed by atoms with E-state index in [4.69, 9.17) is 0 Å². The fourth-order valence-corrected chi connectivity index (χ4v) is 2.30. The molecule has 1 N–H and O–H groups in total. The van der Waals surface area contributed by atoms with Gasteiger partial charge in [-0.15, -0.1) is 0 Å². The molecule has 0 radical (unpaired) electrons. The van der Waals surface area contributed by atoms with E-state index >= 15 is 0 Å². The van der Waals surface area contributed by atoms with E-state index in [0.717, 1.165) is 26.1 Å². The minimum absolute atomic E-state index is 0.0925. The molecule has 0 spiro atoms. The summed E-state index contributed by atoms with van der Waals surface area (Å²) in [6.07, 6.45) is 2.06. The molecule has 1 aliphatic heterocycles. The first-order chi connectivity index (χ1) is 7.00. The van der Waals surface area contributed by atoms with Crippen molar-refractivity contribution in [2.75, 3.05) is 33.7 Å². The third kappa shape index (κ3) is 4.09. The highest BCUT2D eigenvalue weighted by molar-refractivity contribution is 4.82. The highest BCUT2D eigenvalue weighted by Crippen LogP contribution is 2.21. The Hall–Kier alpha value is -0.120. The van der Waals surface area contributed by atoms with E-state index in [2.05, 4.69) is 37.7 Å². The summed E-state index contributed by atoms with van der Waals surface area (Å²) in [7, 11) is 4.23. The average Bonchev–Trinajstić information content (AvgIpc) is 2.13. The van der Waals surface area contributed by atoms with Gasteiger partial charge in [-0.1, -0.05) is 6.92 Å². The Kier molecular flexibility index (Phi) is 5.03. The van der Waals surface area contributed by atoms with Crippen molar-refractivity contribution in [3.05, 3.63) is 0 Å². The second-order valence-electron chi connectivity index (χ2n) is 5.28. The van der Waals surface area contributed by atoms with E-state index in [1.807, 2.05) is 0 Å². The molecule has 0 aromatic heterocycles. The number of likely N-dealkylation sites (tertiary alicyclic amines) is 1. The molecule has 0 saturated carbocycles. The zero-order valence-corrected chi connectivity index (χ0v) is 10.6. The van der Waals surface area contributed by atoms with E-state index in [9.17, 15) is 5.11 Å². The van der Waals surface area contributed by atoms with Crippen molar-refractivity contribution in [3.63, 3.8) is 0 Å². The quantitative estimate of drug-likeness (QED) is 0.757. The van der Waals surface area contributed by atoms with Crippen LogP contribution in [0.4, 0.5) is 0 Å². The molecule has 0 amide bonds. The van der Waals surface area contributed by atoms with Crippen LogP contribution in [0.2, 0.25) is 0 Å². The monoisotopic (exact) mass is 214 g/mol. The van der Waals surface area contributed by atoms with Crippen molar-refractivity contribution < 1.29 is 5.11 Å². The molecule has 1 rings (SSSR count). The van der Waals surface area contributed by atoms with Crippen LogP contribution >= 0.6 is 0 Å². The molecule has 90 valence electrons. The van der Waals surface area contributed by atoms with Crippen LogP contribution in [0.25, 0.3) is 0 Å². The number of aliphatic hydroxyl groups is 1. The van der Waals surface area contributed by atoms with Gasteiger partial charge in [0.25, 0.3) is 0 Å². The van der Waals surface area contributed by atoms with E-state index < -0.39 is 0 Å². The lowest BCUT2D eigenvalue weighted by molar-refractivity contribution is 0.00471. The van der Waals surface area contributed by atoms with Gasteiger partial charge in [0.05, 0.1) is 6.10 Å². The Bertz CT molecular complexity index is 184. The smallest absolute Gasteiger partial charge is 0.0592 e. The fraction of sp³-hybridized carbons (Fsp3) is 1.00. The second-order valence-corrected chi connectivity index (χ2v) is 5.28. The maximum absolute atomic E-state index is 9.74. The summed E-state index contributed by atoms with van der Waals surface area (Å²) in [5, 5.41) is 9.74. The molecule has 15 heavy (non-hydrogen) atoms. The minimum Gasteiger partial charge on any atom is -0.393 e. The number of rotatable bonds is 4. The van der Waals surface area contributed by atoms with Crippen molar-refractivity contribution in [1.29, 1.82) is 0 Å². The lowest BCUT2D eigenvalue weighted by Gasteiger charge is -2.39. The summed E-state index contributed by atoms with van der Waals surface area (Å²) < 4.78 is 0. The Morgan fingerprint density at radius 2 is 2.00 bits per heavy atom. The fourth-order valence-electron chi connectivity index (χ4n) is 2.30. The van der Waals surface area contributed by atoms with Crippen LogP contribution < -0.4 is 0 Å². The maximum Gasteiger partial charge on any atom is 0.0592 e. The van der Waals surface area contributed by atoms with Crippen molar-refractivity contribution in [2.24, 2.45) is 5.92 Å². The number of hydrogen-bond acceptors (Lipinski definition) is 3. The van der Waals surface area contributed by atoms with Gasteiger partial charge in [-0.2, -0.15) is 0 Å². The van der Waals surface area contributed by atoms with Crippen LogP contribution in [0.1, 0.15) is 26.7 Å². The van der Waals surface area contributed by atoms with Gasteiger partial charge in [0, 0.05) is 12.6 Å². The molecule has 3 nitrogen and oxygen atoms in total. The molecule has 0 aliphatic carbocycles. The third-order valence-corrected chi connectivity index (χ3v) is 3.44. The van der Waals surface area contributed by atoms with Crippen LogP contribution in [0.15, 0.2) is 0 Å². The van der Waals surface area contributed by atoms with E-state index in [-0.39, 0.29) is 6.10 Å². The molecule has 3 heteroatoms. The van der Waals surface area contributed by atoms with Crippen LogP contribution in [0.3, 0.4) is 0 Å². The lowest BCUT2D eigenvalue weighted by Crippen LogP contribution is -2.47. The first-order valence-corrected chi connectivity index (χ1v) is 6.07. The zero-order chi connectivity index (χ0) is 11.4. The van der Waals surface area contributed by atoms with Crippen molar-refractivity contribution in [2.45, 2.75) is 38.8 Å². The summed E-state index contributed by atoms with van der Waals surface area (Å²) >= 11 is 0. The molecule has 1 saturated heterocycles. The minimum atomic E-state index is -0.0925. The standard InChI is InChI=1S/C12H26N2O/c1-10-9-14(7-5-6-13(3)4)11(2)8-12(10)15/h10-12,15H,5-9H2,1-4H3. The van der Waals surface area contributed by atoms with Gasteiger partial charge in [-0.3, -0.25) is 0 Å². The molecular weight excluding hydrogens is 188 g/mol. The molecule has 0 aromatic carbocycles. The molecule has 0 bridgehead atoms. The molecule has 1 heterocycles. The number of nitrogens with zero attached hydrogens (tertiary/aromatic N) is 2. The Balaban J connectivity index is 2.28. The van der Waals surface area contributed by atoms with E-state index in [0.29, 0.717) is 12.0 Å². The molecular formula is C12H26N2O. The number of piperidine rings is 1. The summed E-state index contributed by atoms with van der Waals surface area (Å²) in [5.41, 5.74) is 0. The Labute approximate surface area is 94.1 Å². The average molecular weight is 214 g/mol. The number of aliphatic hydroxyl groups excluding tert-OH is 1. The summed E-state index contributed by atoms with van der Waals surface area (Å²) in [5.74, 6) is 0.431. The van der Waals surface area contributed by atoms with Gasteiger partial charge in [-0.25, -0.2) is 0 Å². The van der Waals surface area contributed by atoms with Gasteiger partial charge >= 0.3 is 0 Å². The largest absolute Gasteiger partial charge is 0.393 e. The van der Waals surface area contributed by atoms with Crippen LogP contribution in [-0.4, -0.2) is 60.8 Å². The summed E-state index contributed by atoms with van der Waals surface area (Å²) in [6, 6.07) is 0.540. The zero-order valence-electron chi connectivity index (χ0n) is 10.6. The van der Waals surface area contributed by atoms with Gasteiger partial charge in [-0.05, 0) is 52.9 Å². The van der Waals surface area contributed by atoms with Gasteiger partial charge in [0.15, 0.2) is 0 Å². The summed E-state index contributed by atoms with van der Waals surface area (Å²) in [6.45, 7) is 7.74. The highest BCUT2D eigenvalue weighted by atomic mass is 16.3. The van der Waals surface area contributed by atoms with Crippen LogP contribution in [-0.2, 0) is 0 Å². The normalized spacial score (nSPS) is 33.6. The lowest BCUT2D eigenvalue weighted by atomic mass is 9.92. The SMILES string of the molecule is CC1CN(CCCN(C)C)C(C)CC1O. The Morgan fingerprint density at radius 1 is 1.33 bits per heavy atom. The predicted molar refractivity (Wildman–Crippen MR) is 64.0 cm³/mol. The van der Waals surface area contributed by atoms with Crippen LogP contribution in [0.5, 0.6) is 0 Å². The van der Waals surface area contributed by atoms with Crippen molar-refractivity contribution in [3.8, 4) is 0 Å². The van der Waals surface area contributed by atoms with E-state index in [1.165, 1.54) is 6.42 Å². The third-order valence-electron chi connectivity index (χ3n) is 3.44. The van der Waals surface area contributed by atoms with Crippen molar-refractivity contribution >= 4 is 0 Å². The molecule has 1 fully saturated rings. The van der Waals surface area contributed by atoms with Gasteiger partial charge < -0.3 is 14.9 Å². The van der Waals surface area contributed by atoms with Gasteiger partial charge in [0.1, 0.15) is 0 Å². The molecule has 1 aliphatic rings.